The van der Waals surface area contributed by atoms with Crippen molar-refractivity contribution in [1.82, 2.24) is 9.88 Å². The summed E-state index contributed by atoms with van der Waals surface area (Å²) in [6.07, 6.45) is 2.62. The minimum absolute atomic E-state index is 0.697. The minimum Gasteiger partial charge on any atom is -0.348 e. The fourth-order valence-electron chi connectivity index (χ4n) is 3.16. The first kappa shape index (κ1) is 11.8. The highest BCUT2D eigenvalue weighted by Gasteiger charge is 2.16. The summed E-state index contributed by atoms with van der Waals surface area (Å²) in [6.45, 7) is 6.76. The average molecular weight is 242 g/mol. The Bertz CT molecular complexity index is 574. The molecule has 0 saturated carbocycles. The monoisotopic (exact) mass is 242 g/mol. The van der Waals surface area contributed by atoms with E-state index >= 15 is 0 Å². The summed E-state index contributed by atoms with van der Waals surface area (Å²) in [5.74, 6) is 0.697. The lowest BCUT2D eigenvalue weighted by Gasteiger charge is -2.23. The molecule has 96 valence electrons. The number of hydrogen-bond acceptors (Lipinski definition) is 1. The molecule has 1 saturated heterocycles. The van der Waals surface area contributed by atoms with Crippen LogP contribution in [0.15, 0.2) is 18.2 Å². The van der Waals surface area contributed by atoms with Gasteiger partial charge in [-0.3, -0.25) is 0 Å². The van der Waals surface area contributed by atoms with Crippen LogP contribution in [-0.2, 0) is 7.05 Å². The van der Waals surface area contributed by atoms with Crippen LogP contribution < -0.4 is 5.32 Å². The molecule has 1 aliphatic heterocycles. The topological polar surface area (TPSA) is 17.0 Å². The molecule has 1 atom stereocenters. The fraction of sp³-hybridized carbons (Fsp3) is 0.500. The molecule has 0 bridgehead atoms. The lowest BCUT2D eigenvalue weighted by Crippen LogP contribution is -2.28. The van der Waals surface area contributed by atoms with Crippen molar-refractivity contribution in [2.45, 2.75) is 32.6 Å². The van der Waals surface area contributed by atoms with Crippen LogP contribution in [0.2, 0.25) is 0 Å². The highest BCUT2D eigenvalue weighted by molar-refractivity contribution is 5.86. The molecule has 1 aliphatic rings. The molecule has 1 aromatic heterocycles. The number of piperidine rings is 1. The number of fused-ring (bicyclic) bond motifs is 1. The standard InChI is InChI=1S/C16H22N2/c1-11-12(2)18(3)16-7-6-13(9-15(11)16)14-5-4-8-17-10-14/h6-7,9,14,17H,4-5,8,10H2,1-3H3. The van der Waals surface area contributed by atoms with E-state index in [1.165, 1.54) is 47.1 Å². The van der Waals surface area contributed by atoms with Gasteiger partial charge in [0.1, 0.15) is 0 Å². The molecular formula is C16H22N2. The van der Waals surface area contributed by atoms with Crippen molar-refractivity contribution in [3.8, 4) is 0 Å². The number of nitrogens with one attached hydrogen (secondary N) is 1. The zero-order chi connectivity index (χ0) is 12.7. The van der Waals surface area contributed by atoms with Gasteiger partial charge in [-0.25, -0.2) is 0 Å². The number of aryl methyl sites for hydroxylation is 2. The third-order valence-electron chi connectivity index (χ3n) is 4.60. The van der Waals surface area contributed by atoms with Crippen LogP contribution in [0.1, 0.15) is 35.6 Å². The van der Waals surface area contributed by atoms with E-state index in [9.17, 15) is 0 Å². The Hall–Kier alpha value is -1.28. The van der Waals surface area contributed by atoms with E-state index in [-0.39, 0.29) is 0 Å². The summed E-state index contributed by atoms with van der Waals surface area (Å²) in [6, 6.07) is 7.02. The number of rotatable bonds is 1. The summed E-state index contributed by atoms with van der Waals surface area (Å²) >= 11 is 0. The van der Waals surface area contributed by atoms with Gasteiger partial charge in [0.2, 0.25) is 0 Å². The van der Waals surface area contributed by atoms with Gasteiger partial charge < -0.3 is 9.88 Å². The number of nitrogens with zero attached hydrogens (tertiary/aromatic N) is 1. The molecule has 1 N–H and O–H groups in total. The van der Waals surface area contributed by atoms with Crippen LogP contribution in [0, 0.1) is 13.8 Å². The highest BCUT2D eigenvalue weighted by Crippen LogP contribution is 2.30. The average Bonchev–Trinajstić information content (AvgIpc) is 2.65. The molecule has 1 fully saturated rings. The van der Waals surface area contributed by atoms with E-state index in [4.69, 9.17) is 0 Å². The van der Waals surface area contributed by atoms with Crippen molar-refractivity contribution in [2.24, 2.45) is 7.05 Å². The van der Waals surface area contributed by atoms with E-state index in [0.29, 0.717) is 5.92 Å². The molecule has 3 rings (SSSR count). The van der Waals surface area contributed by atoms with Gasteiger partial charge in [0.05, 0.1) is 0 Å². The second kappa shape index (κ2) is 4.43. The molecule has 2 heteroatoms. The number of aromatic nitrogens is 1. The third-order valence-corrected chi connectivity index (χ3v) is 4.60. The van der Waals surface area contributed by atoms with Gasteiger partial charge in [-0.2, -0.15) is 0 Å². The largest absolute Gasteiger partial charge is 0.348 e. The first-order chi connectivity index (χ1) is 8.68. The first-order valence-electron chi connectivity index (χ1n) is 6.94. The van der Waals surface area contributed by atoms with Crippen LogP contribution in [0.5, 0.6) is 0 Å². The quantitative estimate of drug-likeness (QED) is 0.812. The number of hydrogen-bond donors (Lipinski definition) is 1. The predicted molar refractivity (Wildman–Crippen MR) is 77.2 cm³/mol. The molecule has 2 aromatic rings. The summed E-state index contributed by atoms with van der Waals surface area (Å²) in [5, 5.41) is 4.94. The second-order valence-electron chi connectivity index (χ2n) is 5.59. The lowest BCUT2D eigenvalue weighted by molar-refractivity contribution is 0.462. The van der Waals surface area contributed by atoms with Gasteiger partial charge in [-0.05, 0) is 62.4 Å². The van der Waals surface area contributed by atoms with Crippen LogP contribution in [0.3, 0.4) is 0 Å². The van der Waals surface area contributed by atoms with Crippen molar-refractivity contribution in [3.63, 3.8) is 0 Å². The van der Waals surface area contributed by atoms with Crippen LogP contribution in [0.25, 0.3) is 10.9 Å². The molecule has 1 aromatic carbocycles. The Balaban J connectivity index is 2.07. The molecule has 0 amide bonds. The fourth-order valence-corrected chi connectivity index (χ4v) is 3.16. The molecule has 0 aliphatic carbocycles. The summed E-state index contributed by atoms with van der Waals surface area (Å²) in [5.41, 5.74) is 5.67. The summed E-state index contributed by atoms with van der Waals surface area (Å²) < 4.78 is 2.30. The van der Waals surface area contributed by atoms with Gasteiger partial charge in [-0.1, -0.05) is 6.07 Å². The number of benzene rings is 1. The zero-order valence-electron chi connectivity index (χ0n) is 11.6. The lowest BCUT2D eigenvalue weighted by atomic mass is 9.90. The predicted octanol–water partition coefficient (Wildman–Crippen LogP) is 3.26. The van der Waals surface area contributed by atoms with Crippen molar-refractivity contribution >= 4 is 10.9 Å². The Labute approximate surface area is 109 Å². The van der Waals surface area contributed by atoms with E-state index in [1.54, 1.807) is 0 Å². The maximum absolute atomic E-state index is 3.51. The SMILES string of the molecule is Cc1c(C)n(C)c2ccc(C3CCCNC3)cc12. The summed E-state index contributed by atoms with van der Waals surface area (Å²) in [7, 11) is 2.16. The molecule has 0 spiro atoms. The molecule has 18 heavy (non-hydrogen) atoms. The van der Waals surface area contributed by atoms with Crippen molar-refractivity contribution in [1.29, 1.82) is 0 Å². The van der Waals surface area contributed by atoms with E-state index in [2.05, 4.69) is 49.0 Å². The third kappa shape index (κ3) is 1.76. The molecule has 0 radical (unpaired) electrons. The van der Waals surface area contributed by atoms with Gasteiger partial charge in [0, 0.05) is 30.2 Å². The Morgan fingerprint density at radius 2 is 2.11 bits per heavy atom. The van der Waals surface area contributed by atoms with Gasteiger partial charge in [0.15, 0.2) is 0 Å². The zero-order valence-corrected chi connectivity index (χ0v) is 11.6. The Morgan fingerprint density at radius 1 is 1.28 bits per heavy atom. The van der Waals surface area contributed by atoms with Gasteiger partial charge in [0.25, 0.3) is 0 Å². The molecular weight excluding hydrogens is 220 g/mol. The van der Waals surface area contributed by atoms with Gasteiger partial charge in [-0.15, -0.1) is 0 Å². The van der Waals surface area contributed by atoms with Crippen LogP contribution in [0.4, 0.5) is 0 Å². The van der Waals surface area contributed by atoms with Crippen molar-refractivity contribution in [2.75, 3.05) is 13.1 Å². The van der Waals surface area contributed by atoms with E-state index in [1.807, 2.05) is 0 Å². The molecule has 2 nitrogen and oxygen atoms in total. The highest BCUT2D eigenvalue weighted by atomic mass is 14.9. The normalized spacial score (nSPS) is 20.5. The minimum atomic E-state index is 0.697. The summed E-state index contributed by atoms with van der Waals surface area (Å²) in [4.78, 5) is 0. The van der Waals surface area contributed by atoms with Crippen molar-refractivity contribution < 1.29 is 0 Å². The molecule has 1 unspecified atom stereocenters. The molecule has 2 heterocycles. The van der Waals surface area contributed by atoms with Crippen LogP contribution >= 0.6 is 0 Å². The van der Waals surface area contributed by atoms with Gasteiger partial charge >= 0.3 is 0 Å². The first-order valence-corrected chi connectivity index (χ1v) is 6.94. The maximum atomic E-state index is 3.51. The smallest absolute Gasteiger partial charge is 0.0482 e. The Kier molecular flexibility index (Phi) is 2.90. The van der Waals surface area contributed by atoms with E-state index in [0.717, 1.165) is 6.54 Å². The maximum Gasteiger partial charge on any atom is 0.0482 e. The Morgan fingerprint density at radius 3 is 2.83 bits per heavy atom. The van der Waals surface area contributed by atoms with E-state index < -0.39 is 0 Å². The van der Waals surface area contributed by atoms with Crippen LogP contribution in [-0.4, -0.2) is 17.7 Å². The van der Waals surface area contributed by atoms with Crippen molar-refractivity contribution in [3.05, 3.63) is 35.0 Å². The second-order valence-corrected chi connectivity index (χ2v) is 5.59.